The summed E-state index contributed by atoms with van der Waals surface area (Å²) in [6, 6.07) is 11.6. The van der Waals surface area contributed by atoms with Gasteiger partial charge in [0.1, 0.15) is 18.0 Å². The monoisotopic (exact) mass is 298 g/mol. The van der Waals surface area contributed by atoms with Crippen LogP contribution in [0.5, 0.6) is 0 Å². The number of carboxylic acid groups (broad SMARTS) is 1. The lowest BCUT2D eigenvalue weighted by Gasteiger charge is -2.31. The number of hydrogen-bond donors (Lipinski definition) is 2. The SMILES string of the molecule is O=C(O)[C@H]1CCCN(c2cc(Nc3ccccc3)ncn2)C1. The summed E-state index contributed by atoms with van der Waals surface area (Å²) in [5.41, 5.74) is 0.953. The first-order valence-corrected chi connectivity index (χ1v) is 7.34. The van der Waals surface area contributed by atoms with Crippen LogP contribution < -0.4 is 10.2 Å². The maximum absolute atomic E-state index is 11.2. The lowest BCUT2D eigenvalue weighted by atomic mass is 9.98. The molecule has 1 atom stereocenters. The largest absolute Gasteiger partial charge is 0.481 e. The first-order chi connectivity index (χ1) is 10.7. The summed E-state index contributed by atoms with van der Waals surface area (Å²) in [6.45, 7) is 1.32. The van der Waals surface area contributed by atoms with Gasteiger partial charge in [0, 0.05) is 24.8 Å². The highest BCUT2D eigenvalue weighted by molar-refractivity contribution is 5.71. The average molecular weight is 298 g/mol. The van der Waals surface area contributed by atoms with Gasteiger partial charge in [-0.05, 0) is 25.0 Å². The minimum absolute atomic E-state index is 0.325. The minimum Gasteiger partial charge on any atom is -0.481 e. The highest BCUT2D eigenvalue weighted by Gasteiger charge is 2.26. The number of benzene rings is 1. The Hall–Kier alpha value is -2.63. The van der Waals surface area contributed by atoms with Crippen LogP contribution in [0.1, 0.15) is 12.8 Å². The molecule has 0 spiro atoms. The number of carbonyl (C=O) groups is 1. The molecule has 22 heavy (non-hydrogen) atoms. The third-order valence-electron chi connectivity index (χ3n) is 3.79. The van der Waals surface area contributed by atoms with Gasteiger partial charge in [-0.25, -0.2) is 9.97 Å². The number of anilines is 3. The fraction of sp³-hybridized carbons (Fsp3) is 0.312. The zero-order chi connectivity index (χ0) is 15.4. The van der Waals surface area contributed by atoms with Crippen molar-refractivity contribution in [3.05, 3.63) is 42.7 Å². The van der Waals surface area contributed by atoms with E-state index in [0.29, 0.717) is 12.4 Å². The second-order valence-corrected chi connectivity index (χ2v) is 5.38. The second kappa shape index (κ2) is 6.43. The summed E-state index contributed by atoms with van der Waals surface area (Å²) in [5, 5.41) is 12.4. The first-order valence-electron chi connectivity index (χ1n) is 7.34. The molecule has 3 rings (SSSR count). The molecule has 0 bridgehead atoms. The molecule has 6 heteroatoms. The third kappa shape index (κ3) is 3.33. The van der Waals surface area contributed by atoms with Gasteiger partial charge in [0.2, 0.25) is 0 Å². The van der Waals surface area contributed by atoms with Crippen LogP contribution in [0.4, 0.5) is 17.3 Å². The van der Waals surface area contributed by atoms with E-state index in [1.807, 2.05) is 41.3 Å². The molecule has 1 aromatic heterocycles. The van der Waals surface area contributed by atoms with Crippen LogP contribution >= 0.6 is 0 Å². The van der Waals surface area contributed by atoms with Gasteiger partial charge in [-0.1, -0.05) is 18.2 Å². The van der Waals surface area contributed by atoms with Crippen LogP contribution in [0.25, 0.3) is 0 Å². The molecule has 114 valence electrons. The molecule has 0 aliphatic carbocycles. The molecule has 0 saturated carbocycles. The Labute approximate surface area is 128 Å². The first kappa shape index (κ1) is 14.3. The lowest BCUT2D eigenvalue weighted by molar-refractivity contribution is -0.141. The molecule has 0 unspecified atom stereocenters. The van der Waals surface area contributed by atoms with Gasteiger partial charge in [0.15, 0.2) is 0 Å². The van der Waals surface area contributed by atoms with E-state index in [0.717, 1.165) is 30.9 Å². The number of carboxylic acids is 1. The van der Waals surface area contributed by atoms with E-state index in [1.54, 1.807) is 0 Å². The van der Waals surface area contributed by atoms with E-state index < -0.39 is 5.97 Å². The normalized spacial score (nSPS) is 18.0. The van der Waals surface area contributed by atoms with Gasteiger partial charge < -0.3 is 15.3 Å². The van der Waals surface area contributed by atoms with Crippen molar-refractivity contribution < 1.29 is 9.90 Å². The van der Waals surface area contributed by atoms with E-state index in [-0.39, 0.29) is 5.92 Å². The third-order valence-corrected chi connectivity index (χ3v) is 3.79. The van der Waals surface area contributed by atoms with E-state index in [9.17, 15) is 9.90 Å². The van der Waals surface area contributed by atoms with Crippen molar-refractivity contribution in [2.24, 2.45) is 5.92 Å². The lowest BCUT2D eigenvalue weighted by Crippen LogP contribution is -2.39. The summed E-state index contributed by atoms with van der Waals surface area (Å²) in [6.07, 6.45) is 3.10. The van der Waals surface area contributed by atoms with Gasteiger partial charge in [-0.2, -0.15) is 0 Å². The molecule has 2 aromatic rings. The maximum atomic E-state index is 11.2. The molecule has 1 aromatic carbocycles. The van der Waals surface area contributed by atoms with Gasteiger partial charge >= 0.3 is 5.97 Å². The van der Waals surface area contributed by atoms with E-state index in [2.05, 4.69) is 15.3 Å². The van der Waals surface area contributed by atoms with Crippen LogP contribution in [0.2, 0.25) is 0 Å². The Morgan fingerprint density at radius 1 is 1.27 bits per heavy atom. The molecule has 2 heterocycles. The Balaban J connectivity index is 1.75. The summed E-state index contributed by atoms with van der Waals surface area (Å²) in [5.74, 6) is 0.406. The van der Waals surface area contributed by atoms with E-state index in [4.69, 9.17) is 0 Å². The summed E-state index contributed by atoms with van der Waals surface area (Å²) in [4.78, 5) is 21.7. The quantitative estimate of drug-likeness (QED) is 0.903. The van der Waals surface area contributed by atoms with Crippen molar-refractivity contribution in [1.29, 1.82) is 0 Å². The summed E-state index contributed by atoms with van der Waals surface area (Å²) < 4.78 is 0. The van der Waals surface area contributed by atoms with E-state index >= 15 is 0 Å². The Morgan fingerprint density at radius 2 is 2.09 bits per heavy atom. The zero-order valence-electron chi connectivity index (χ0n) is 12.1. The van der Waals surface area contributed by atoms with Gasteiger partial charge in [-0.3, -0.25) is 4.79 Å². The van der Waals surface area contributed by atoms with Crippen molar-refractivity contribution in [2.45, 2.75) is 12.8 Å². The standard InChI is InChI=1S/C16H18N4O2/c21-16(22)12-5-4-8-20(10-12)15-9-14(17-11-18-15)19-13-6-2-1-3-7-13/h1-3,6-7,9,11-12H,4-5,8,10H2,(H,21,22)(H,17,18,19)/t12-/m0/s1. The Kier molecular flexibility index (Phi) is 4.18. The van der Waals surface area contributed by atoms with Gasteiger partial charge in [-0.15, -0.1) is 0 Å². The van der Waals surface area contributed by atoms with Crippen molar-refractivity contribution in [3.63, 3.8) is 0 Å². The van der Waals surface area contributed by atoms with Crippen LogP contribution in [-0.2, 0) is 4.79 Å². The average Bonchev–Trinajstić information content (AvgIpc) is 2.56. The van der Waals surface area contributed by atoms with Crippen molar-refractivity contribution >= 4 is 23.3 Å². The number of nitrogens with one attached hydrogen (secondary N) is 1. The molecular formula is C16H18N4O2. The summed E-state index contributed by atoms with van der Waals surface area (Å²) in [7, 11) is 0. The topological polar surface area (TPSA) is 78.4 Å². The predicted molar refractivity (Wildman–Crippen MR) is 84.3 cm³/mol. The Bertz CT molecular complexity index is 648. The highest BCUT2D eigenvalue weighted by Crippen LogP contribution is 2.24. The fourth-order valence-electron chi connectivity index (χ4n) is 2.64. The minimum atomic E-state index is -0.735. The van der Waals surface area contributed by atoms with E-state index in [1.165, 1.54) is 6.33 Å². The molecule has 1 aliphatic rings. The number of nitrogens with zero attached hydrogens (tertiary/aromatic N) is 3. The number of hydrogen-bond acceptors (Lipinski definition) is 5. The van der Waals surface area contributed by atoms with Crippen molar-refractivity contribution in [2.75, 3.05) is 23.3 Å². The number of aliphatic carboxylic acids is 1. The van der Waals surface area contributed by atoms with Crippen molar-refractivity contribution in [1.82, 2.24) is 9.97 Å². The summed E-state index contributed by atoms with van der Waals surface area (Å²) >= 11 is 0. The number of piperidine rings is 1. The smallest absolute Gasteiger partial charge is 0.308 e. The van der Waals surface area contributed by atoms with Crippen LogP contribution in [0, 0.1) is 5.92 Å². The molecule has 1 aliphatic heterocycles. The number of para-hydroxylation sites is 1. The molecule has 1 saturated heterocycles. The molecule has 6 nitrogen and oxygen atoms in total. The molecular weight excluding hydrogens is 280 g/mol. The molecule has 2 N–H and O–H groups in total. The van der Waals surface area contributed by atoms with Gasteiger partial charge in [0.25, 0.3) is 0 Å². The highest BCUT2D eigenvalue weighted by atomic mass is 16.4. The number of aromatic nitrogens is 2. The molecule has 1 fully saturated rings. The fourth-order valence-corrected chi connectivity index (χ4v) is 2.64. The second-order valence-electron chi connectivity index (χ2n) is 5.38. The predicted octanol–water partition coefficient (Wildman–Crippen LogP) is 2.52. The molecule has 0 radical (unpaired) electrons. The Morgan fingerprint density at radius 3 is 2.86 bits per heavy atom. The van der Waals surface area contributed by atoms with Gasteiger partial charge in [0.05, 0.1) is 5.92 Å². The van der Waals surface area contributed by atoms with Crippen molar-refractivity contribution in [3.8, 4) is 0 Å². The zero-order valence-corrected chi connectivity index (χ0v) is 12.1. The molecule has 0 amide bonds. The maximum Gasteiger partial charge on any atom is 0.308 e. The number of rotatable bonds is 4. The van der Waals surface area contributed by atoms with Crippen LogP contribution in [0.15, 0.2) is 42.7 Å². The van der Waals surface area contributed by atoms with Crippen LogP contribution in [0.3, 0.4) is 0 Å². The van der Waals surface area contributed by atoms with Crippen LogP contribution in [-0.4, -0.2) is 34.1 Å².